The third-order valence-corrected chi connectivity index (χ3v) is 5.71. The lowest BCUT2D eigenvalue weighted by molar-refractivity contribution is 0.0926. The summed E-state index contributed by atoms with van der Waals surface area (Å²) in [4.78, 5) is 30.2. The molecule has 3 aromatic heterocycles. The van der Waals surface area contributed by atoms with Crippen LogP contribution in [0.25, 0.3) is 22.5 Å². The molecule has 1 aliphatic heterocycles. The van der Waals surface area contributed by atoms with Gasteiger partial charge in [0.2, 0.25) is 5.95 Å². The second-order valence-electron chi connectivity index (χ2n) is 7.80. The first-order valence-corrected chi connectivity index (χ1v) is 10.5. The molecule has 160 valence electrons. The summed E-state index contributed by atoms with van der Waals surface area (Å²) in [7, 11) is 0. The van der Waals surface area contributed by atoms with Crippen LogP contribution in [0.2, 0.25) is 0 Å². The van der Waals surface area contributed by atoms with Crippen molar-refractivity contribution in [2.45, 2.75) is 27.3 Å². The summed E-state index contributed by atoms with van der Waals surface area (Å²) < 4.78 is 2.08. The fraction of sp³-hybridized carbons (Fsp3) is 0.208. The van der Waals surface area contributed by atoms with Crippen LogP contribution in [0.4, 0.5) is 11.6 Å². The van der Waals surface area contributed by atoms with E-state index in [9.17, 15) is 4.79 Å². The molecule has 1 aromatic carbocycles. The zero-order valence-electron chi connectivity index (χ0n) is 18.2. The molecule has 4 aromatic rings. The quantitative estimate of drug-likeness (QED) is 0.516. The monoisotopic (exact) mass is 425 g/mol. The number of aromatic nitrogens is 5. The third-order valence-electron chi connectivity index (χ3n) is 5.71. The largest absolute Gasteiger partial charge is 0.349 e. The van der Waals surface area contributed by atoms with E-state index in [0.29, 0.717) is 18.2 Å². The number of nitrogens with zero attached hydrogens (tertiary/aromatic N) is 5. The van der Waals surface area contributed by atoms with Gasteiger partial charge in [-0.25, -0.2) is 19.9 Å². The molecule has 0 radical (unpaired) electrons. The highest BCUT2D eigenvalue weighted by atomic mass is 16.2. The standard InChI is InChI=1S/C24H23N7O/c1-14-21(15(2)31-12-11-26-23(32)22(14)31)20-8-10-27-24(30-20)29-18-6-4-5-17(13-18)19-7-9-25-16(3)28-19/h4-10,13H,11-12H2,1-3H3,(H,26,32)(H,27,29,30). The highest BCUT2D eigenvalue weighted by Crippen LogP contribution is 2.32. The maximum atomic E-state index is 12.4. The molecule has 0 spiro atoms. The van der Waals surface area contributed by atoms with E-state index in [0.717, 1.165) is 51.8 Å². The molecule has 0 fully saturated rings. The van der Waals surface area contributed by atoms with Crippen LogP contribution >= 0.6 is 0 Å². The summed E-state index contributed by atoms with van der Waals surface area (Å²) in [6, 6.07) is 11.7. The highest BCUT2D eigenvalue weighted by Gasteiger charge is 2.26. The van der Waals surface area contributed by atoms with Crippen LogP contribution in [0.5, 0.6) is 0 Å². The van der Waals surface area contributed by atoms with Crippen molar-refractivity contribution < 1.29 is 4.79 Å². The molecule has 5 rings (SSSR count). The molecule has 0 saturated heterocycles. The minimum atomic E-state index is -0.0349. The van der Waals surface area contributed by atoms with Gasteiger partial charge in [-0.2, -0.15) is 0 Å². The Bertz CT molecular complexity index is 1340. The van der Waals surface area contributed by atoms with Crippen molar-refractivity contribution in [2.24, 2.45) is 0 Å². The van der Waals surface area contributed by atoms with Crippen molar-refractivity contribution in [3.8, 4) is 22.5 Å². The molecule has 0 bridgehead atoms. The normalized spacial score (nSPS) is 12.9. The lowest BCUT2D eigenvalue weighted by Crippen LogP contribution is -2.35. The van der Waals surface area contributed by atoms with Gasteiger partial charge < -0.3 is 15.2 Å². The maximum Gasteiger partial charge on any atom is 0.268 e. The Labute approximate surface area is 185 Å². The minimum Gasteiger partial charge on any atom is -0.349 e. The van der Waals surface area contributed by atoms with Gasteiger partial charge in [0.25, 0.3) is 5.91 Å². The number of anilines is 2. The second-order valence-corrected chi connectivity index (χ2v) is 7.80. The van der Waals surface area contributed by atoms with Crippen LogP contribution in [-0.2, 0) is 6.54 Å². The molecule has 0 unspecified atom stereocenters. The Morgan fingerprint density at radius 1 is 1.00 bits per heavy atom. The third kappa shape index (κ3) is 3.49. The van der Waals surface area contributed by atoms with E-state index in [1.54, 1.807) is 12.4 Å². The first-order chi connectivity index (χ1) is 15.5. The van der Waals surface area contributed by atoms with Crippen molar-refractivity contribution in [2.75, 3.05) is 11.9 Å². The van der Waals surface area contributed by atoms with Gasteiger partial charge >= 0.3 is 0 Å². The van der Waals surface area contributed by atoms with E-state index in [4.69, 9.17) is 4.98 Å². The van der Waals surface area contributed by atoms with Crippen molar-refractivity contribution in [1.82, 2.24) is 29.8 Å². The highest BCUT2D eigenvalue weighted by molar-refractivity contribution is 5.97. The number of aryl methyl sites for hydroxylation is 1. The number of hydrogen-bond donors (Lipinski definition) is 2. The van der Waals surface area contributed by atoms with Crippen LogP contribution in [0.15, 0.2) is 48.8 Å². The van der Waals surface area contributed by atoms with E-state index in [1.807, 2.05) is 57.2 Å². The Morgan fingerprint density at radius 2 is 1.81 bits per heavy atom. The van der Waals surface area contributed by atoms with Gasteiger partial charge in [-0.1, -0.05) is 12.1 Å². The van der Waals surface area contributed by atoms with Gasteiger partial charge in [0.1, 0.15) is 11.5 Å². The fourth-order valence-electron chi connectivity index (χ4n) is 4.27. The summed E-state index contributed by atoms with van der Waals surface area (Å²) in [6.45, 7) is 7.28. The fourth-order valence-corrected chi connectivity index (χ4v) is 4.27. The zero-order valence-corrected chi connectivity index (χ0v) is 18.2. The smallest absolute Gasteiger partial charge is 0.268 e. The number of hydrogen-bond acceptors (Lipinski definition) is 6. The van der Waals surface area contributed by atoms with Gasteiger partial charge in [0.05, 0.1) is 11.4 Å². The summed E-state index contributed by atoms with van der Waals surface area (Å²) in [6.07, 6.45) is 3.49. The zero-order chi connectivity index (χ0) is 22.2. The average Bonchev–Trinajstić information content (AvgIpc) is 3.05. The molecule has 32 heavy (non-hydrogen) atoms. The van der Waals surface area contributed by atoms with Crippen LogP contribution in [0.1, 0.15) is 27.6 Å². The molecule has 8 nitrogen and oxygen atoms in total. The topological polar surface area (TPSA) is 97.6 Å². The van der Waals surface area contributed by atoms with E-state index in [-0.39, 0.29) is 5.91 Å². The van der Waals surface area contributed by atoms with E-state index in [1.165, 1.54) is 0 Å². The van der Waals surface area contributed by atoms with Crippen molar-refractivity contribution in [1.29, 1.82) is 0 Å². The summed E-state index contributed by atoms with van der Waals surface area (Å²) >= 11 is 0. The lowest BCUT2D eigenvalue weighted by atomic mass is 10.1. The molecular weight excluding hydrogens is 402 g/mol. The molecule has 1 amide bonds. The van der Waals surface area contributed by atoms with Gasteiger partial charge in [0.15, 0.2) is 0 Å². The van der Waals surface area contributed by atoms with Crippen LogP contribution in [0, 0.1) is 20.8 Å². The number of carbonyl (C=O) groups is 1. The molecule has 0 atom stereocenters. The SMILES string of the molecule is Cc1nccc(-c2cccc(Nc3nccc(-c4c(C)c5n(c4C)CCNC5=O)n3)c2)n1. The first-order valence-electron chi connectivity index (χ1n) is 10.5. The number of benzene rings is 1. The van der Waals surface area contributed by atoms with Crippen molar-refractivity contribution in [3.05, 3.63) is 71.6 Å². The Balaban J connectivity index is 1.48. The lowest BCUT2D eigenvalue weighted by Gasteiger charge is -2.17. The number of amides is 1. The number of rotatable bonds is 4. The molecule has 8 heteroatoms. The van der Waals surface area contributed by atoms with Gasteiger partial charge in [-0.15, -0.1) is 0 Å². The summed E-state index contributed by atoms with van der Waals surface area (Å²) in [5.41, 5.74) is 7.16. The average molecular weight is 425 g/mol. The van der Waals surface area contributed by atoms with E-state index >= 15 is 0 Å². The summed E-state index contributed by atoms with van der Waals surface area (Å²) in [5.74, 6) is 1.19. The van der Waals surface area contributed by atoms with Crippen molar-refractivity contribution in [3.63, 3.8) is 0 Å². The predicted octanol–water partition coefficient (Wildman–Crippen LogP) is 3.81. The second kappa shape index (κ2) is 7.88. The molecular formula is C24H23N7O. The number of carbonyl (C=O) groups excluding carboxylic acids is 1. The first kappa shape index (κ1) is 19.9. The van der Waals surface area contributed by atoms with Crippen LogP contribution in [-0.4, -0.2) is 37.0 Å². The Hall–Kier alpha value is -4.07. The van der Waals surface area contributed by atoms with Gasteiger partial charge in [-0.3, -0.25) is 4.79 Å². The number of nitrogens with one attached hydrogen (secondary N) is 2. The van der Waals surface area contributed by atoms with E-state index < -0.39 is 0 Å². The molecule has 2 N–H and O–H groups in total. The molecule has 1 aliphatic rings. The van der Waals surface area contributed by atoms with Crippen LogP contribution < -0.4 is 10.6 Å². The Kier molecular flexibility index (Phi) is 4.89. The summed E-state index contributed by atoms with van der Waals surface area (Å²) in [5, 5.41) is 6.22. The molecule has 4 heterocycles. The number of fused-ring (bicyclic) bond motifs is 1. The van der Waals surface area contributed by atoms with Crippen molar-refractivity contribution >= 4 is 17.5 Å². The predicted molar refractivity (Wildman–Crippen MR) is 123 cm³/mol. The Morgan fingerprint density at radius 3 is 2.62 bits per heavy atom. The van der Waals surface area contributed by atoms with E-state index in [2.05, 4.69) is 30.2 Å². The van der Waals surface area contributed by atoms with Crippen LogP contribution in [0.3, 0.4) is 0 Å². The van der Waals surface area contributed by atoms with Gasteiger partial charge in [-0.05, 0) is 50.6 Å². The molecule has 0 aliphatic carbocycles. The van der Waals surface area contributed by atoms with Gasteiger partial charge in [0, 0.05) is 48.0 Å². The minimum absolute atomic E-state index is 0.0349. The molecule has 0 saturated carbocycles. The maximum absolute atomic E-state index is 12.4.